The molecule has 154 valence electrons. The lowest BCUT2D eigenvalue weighted by atomic mass is 10.1. The first-order chi connectivity index (χ1) is 12.9. The van der Waals surface area contributed by atoms with Gasteiger partial charge in [0, 0.05) is 25.9 Å². The highest BCUT2D eigenvalue weighted by molar-refractivity contribution is 14.0. The Hall–Kier alpha value is -1.61. The highest BCUT2D eigenvalue weighted by Gasteiger charge is 2.07. The van der Waals surface area contributed by atoms with Gasteiger partial charge in [0.05, 0.1) is 4.90 Å². The average molecular weight is 515 g/mol. The SMILES string of the molecule is CN=C(NCCc1ccc(S(C)(=O)=O)cc1)NC(C)CCc1ccccc1.I. The third-order valence-electron chi connectivity index (χ3n) is 4.37. The summed E-state index contributed by atoms with van der Waals surface area (Å²) in [5, 5.41) is 6.72. The van der Waals surface area contributed by atoms with Gasteiger partial charge < -0.3 is 10.6 Å². The third-order valence-corrected chi connectivity index (χ3v) is 5.50. The highest BCUT2D eigenvalue weighted by Crippen LogP contribution is 2.10. The molecular formula is C21H30IN3O2S. The number of sulfone groups is 1. The van der Waals surface area contributed by atoms with Gasteiger partial charge in [0.15, 0.2) is 15.8 Å². The second kappa shape index (κ2) is 12.1. The molecule has 0 aliphatic carbocycles. The van der Waals surface area contributed by atoms with Crippen molar-refractivity contribution < 1.29 is 8.42 Å². The molecule has 0 spiro atoms. The molecule has 0 aromatic heterocycles. The fraction of sp³-hybridized carbons (Fsp3) is 0.381. The van der Waals surface area contributed by atoms with Crippen LogP contribution in [0.4, 0.5) is 0 Å². The van der Waals surface area contributed by atoms with E-state index in [0.29, 0.717) is 10.9 Å². The lowest BCUT2D eigenvalue weighted by Crippen LogP contribution is -2.43. The molecule has 0 fully saturated rings. The van der Waals surface area contributed by atoms with E-state index >= 15 is 0 Å². The first-order valence-corrected chi connectivity index (χ1v) is 11.1. The van der Waals surface area contributed by atoms with E-state index in [-0.39, 0.29) is 24.0 Å². The maximum atomic E-state index is 11.5. The summed E-state index contributed by atoms with van der Waals surface area (Å²) in [5.74, 6) is 0.781. The number of nitrogens with zero attached hydrogens (tertiary/aromatic N) is 1. The molecule has 0 saturated heterocycles. The maximum absolute atomic E-state index is 11.5. The van der Waals surface area contributed by atoms with Crippen molar-refractivity contribution >= 4 is 39.8 Å². The van der Waals surface area contributed by atoms with Crippen molar-refractivity contribution in [3.05, 3.63) is 65.7 Å². The van der Waals surface area contributed by atoms with Gasteiger partial charge in [0.1, 0.15) is 0 Å². The van der Waals surface area contributed by atoms with Crippen LogP contribution in [0.15, 0.2) is 64.5 Å². The standard InChI is InChI=1S/C21H29N3O2S.HI/c1-17(9-10-18-7-5-4-6-8-18)24-21(22-2)23-16-15-19-11-13-20(14-12-19)27(3,25)26;/h4-8,11-14,17H,9-10,15-16H2,1-3H3,(H2,22,23,24);1H. The number of benzene rings is 2. The van der Waals surface area contributed by atoms with Crippen molar-refractivity contribution in [2.75, 3.05) is 19.8 Å². The monoisotopic (exact) mass is 515 g/mol. The van der Waals surface area contributed by atoms with Crippen LogP contribution in [-0.4, -0.2) is 40.3 Å². The first-order valence-electron chi connectivity index (χ1n) is 9.18. The lowest BCUT2D eigenvalue weighted by Gasteiger charge is -2.18. The van der Waals surface area contributed by atoms with Gasteiger partial charge in [-0.1, -0.05) is 42.5 Å². The molecule has 0 amide bonds. The van der Waals surface area contributed by atoms with Crippen molar-refractivity contribution in [3.8, 4) is 0 Å². The largest absolute Gasteiger partial charge is 0.356 e. The summed E-state index contributed by atoms with van der Waals surface area (Å²) < 4.78 is 23.0. The van der Waals surface area contributed by atoms with E-state index in [1.807, 2.05) is 18.2 Å². The van der Waals surface area contributed by atoms with Crippen LogP contribution < -0.4 is 10.6 Å². The van der Waals surface area contributed by atoms with Crippen molar-refractivity contribution in [2.45, 2.75) is 37.1 Å². The summed E-state index contributed by atoms with van der Waals surface area (Å²) in [4.78, 5) is 4.63. The zero-order chi connectivity index (χ0) is 19.7. The van der Waals surface area contributed by atoms with E-state index < -0.39 is 9.84 Å². The zero-order valence-electron chi connectivity index (χ0n) is 16.7. The van der Waals surface area contributed by atoms with Crippen LogP contribution in [0.25, 0.3) is 0 Å². The van der Waals surface area contributed by atoms with E-state index in [9.17, 15) is 8.42 Å². The molecule has 7 heteroatoms. The van der Waals surface area contributed by atoms with Crippen molar-refractivity contribution in [3.63, 3.8) is 0 Å². The normalized spacial score (nSPS) is 12.8. The minimum atomic E-state index is -3.14. The molecule has 2 aromatic rings. The molecule has 0 aliphatic heterocycles. The van der Waals surface area contributed by atoms with Crippen molar-refractivity contribution in [1.82, 2.24) is 10.6 Å². The average Bonchev–Trinajstić information content (AvgIpc) is 2.66. The fourth-order valence-electron chi connectivity index (χ4n) is 2.76. The second-order valence-electron chi connectivity index (χ2n) is 6.73. The predicted octanol–water partition coefficient (Wildman–Crippen LogP) is 3.44. The summed E-state index contributed by atoms with van der Waals surface area (Å²) in [6, 6.07) is 17.8. The Morgan fingerprint density at radius 1 is 1.00 bits per heavy atom. The van der Waals surface area contributed by atoms with Gasteiger partial charge in [-0.15, -0.1) is 24.0 Å². The van der Waals surface area contributed by atoms with Gasteiger partial charge >= 0.3 is 0 Å². The molecule has 0 bridgehead atoms. The van der Waals surface area contributed by atoms with E-state index in [1.54, 1.807) is 19.2 Å². The molecule has 5 nitrogen and oxygen atoms in total. The predicted molar refractivity (Wildman–Crippen MR) is 127 cm³/mol. The minimum absolute atomic E-state index is 0. The number of guanidine groups is 1. The molecular weight excluding hydrogens is 485 g/mol. The number of aliphatic imine (C=N–C) groups is 1. The van der Waals surface area contributed by atoms with Gasteiger partial charge in [-0.2, -0.15) is 0 Å². The first kappa shape index (κ1) is 24.4. The number of hydrogen-bond donors (Lipinski definition) is 2. The van der Waals surface area contributed by atoms with E-state index in [2.05, 4.69) is 46.8 Å². The fourth-order valence-corrected chi connectivity index (χ4v) is 3.39. The van der Waals surface area contributed by atoms with Crippen LogP contribution in [0, 0.1) is 0 Å². The van der Waals surface area contributed by atoms with Gasteiger partial charge in [-0.3, -0.25) is 4.99 Å². The minimum Gasteiger partial charge on any atom is -0.356 e. The van der Waals surface area contributed by atoms with E-state index in [0.717, 1.165) is 37.3 Å². The van der Waals surface area contributed by atoms with Crippen molar-refractivity contribution in [2.24, 2.45) is 4.99 Å². The highest BCUT2D eigenvalue weighted by atomic mass is 127. The van der Waals surface area contributed by atoms with E-state index in [4.69, 9.17) is 0 Å². The Bertz CT molecular complexity index is 838. The molecule has 0 aliphatic rings. The second-order valence-corrected chi connectivity index (χ2v) is 8.75. The number of halogens is 1. The topological polar surface area (TPSA) is 70.6 Å². The summed E-state index contributed by atoms with van der Waals surface area (Å²) in [5.41, 5.74) is 2.43. The van der Waals surface area contributed by atoms with Crippen LogP contribution in [0.1, 0.15) is 24.5 Å². The molecule has 0 radical (unpaired) electrons. The number of rotatable bonds is 8. The summed E-state index contributed by atoms with van der Waals surface area (Å²) >= 11 is 0. The molecule has 0 heterocycles. The van der Waals surface area contributed by atoms with Gasteiger partial charge in [-0.25, -0.2) is 8.42 Å². The molecule has 2 N–H and O–H groups in total. The smallest absolute Gasteiger partial charge is 0.191 e. The molecule has 1 unspecified atom stereocenters. The lowest BCUT2D eigenvalue weighted by molar-refractivity contribution is 0.593. The zero-order valence-corrected chi connectivity index (χ0v) is 19.8. The van der Waals surface area contributed by atoms with Gasteiger partial charge in [0.2, 0.25) is 0 Å². The molecule has 2 rings (SSSR count). The molecule has 2 aromatic carbocycles. The van der Waals surface area contributed by atoms with Crippen LogP contribution in [-0.2, 0) is 22.7 Å². The molecule has 0 saturated carbocycles. The molecule has 28 heavy (non-hydrogen) atoms. The van der Waals surface area contributed by atoms with Gasteiger partial charge in [0.25, 0.3) is 0 Å². The number of nitrogens with one attached hydrogen (secondary N) is 2. The molecule has 1 atom stereocenters. The summed E-state index contributed by atoms with van der Waals surface area (Å²) in [6.45, 7) is 2.88. The number of aryl methyl sites for hydroxylation is 1. The Morgan fingerprint density at radius 2 is 1.61 bits per heavy atom. The Balaban J connectivity index is 0.00000392. The van der Waals surface area contributed by atoms with Crippen LogP contribution in [0.5, 0.6) is 0 Å². The Labute approximate surface area is 186 Å². The van der Waals surface area contributed by atoms with Crippen molar-refractivity contribution in [1.29, 1.82) is 0 Å². The quantitative estimate of drug-likeness (QED) is 0.321. The van der Waals surface area contributed by atoms with Crippen LogP contribution in [0.3, 0.4) is 0 Å². The maximum Gasteiger partial charge on any atom is 0.191 e. The van der Waals surface area contributed by atoms with Gasteiger partial charge in [-0.05, 0) is 49.4 Å². The third kappa shape index (κ3) is 8.60. The van der Waals surface area contributed by atoms with Crippen LogP contribution in [0.2, 0.25) is 0 Å². The Kier molecular flexibility index (Phi) is 10.5. The summed E-state index contributed by atoms with van der Waals surface area (Å²) in [7, 11) is -1.38. The summed E-state index contributed by atoms with van der Waals surface area (Å²) in [6.07, 6.45) is 4.07. The van der Waals surface area contributed by atoms with Crippen LogP contribution >= 0.6 is 24.0 Å². The number of hydrogen-bond acceptors (Lipinski definition) is 3. The Morgan fingerprint density at radius 3 is 2.18 bits per heavy atom. The van der Waals surface area contributed by atoms with E-state index in [1.165, 1.54) is 11.8 Å².